The molecular weight excluding hydrogens is 186 g/mol. The van der Waals surface area contributed by atoms with Crippen LogP contribution < -0.4 is 5.32 Å². The molecule has 1 fully saturated rings. The molecule has 1 N–H and O–H groups in total. The van der Waals surface area contributed by atoms with Gasteiger partial charge >= 0.3 is 0 Å². The molecule has 1 saturated heterocycles. The Hall–Kier alpha value is -0.830. The largest absolute Gasteiger partial charge is 0.335 e. The highest BCUT2D eigenvalue weighted by atomic mass is 15.1. The maximum absolute atomic E-state index is 4.78. The van der Waals surface area contributed by atoms with Gasteiger partial charge in [-0.1, -0.05) is 6.92 Å². The number of nitrogens with zero attached hydrogens (tertiary/aromatic N) is 2. The topological polar surface area (TPSA) is 29.9 Å². The lowest BCUT2D eigenvalue weighted by Gasteiger charge is -2.18. The minimum atomic E-state index is 0.526. The molecule has 0 spiro atoms. The summed E-state index contributed by atoms with van der Waals surface area (Å²) >= 11 is 0. The van der Waals surface area contributed by atoms with Crippen LogP contribution >= 0.6 is 0 Å². The van der Waals surface area contributed by atoms with Crippen LogP contribution in [0.1, 0.15) is 43.7 Å². The van der Waals surface area contributed by atoms with Gasteiger partial charge in [0.05, 0.1) is 11.7 Å². The summed E-state index contributed by atoms with van der Waals surface area (Å²) in [5, 5.41) is 3.52. The molecule has 0 amide bonds. The van der Waals surface area contributed by atoms with E-state index >= 15 is 0 Å². The van der Waals surface area contributed by atoms with E-state index in [1.165, 1.54) is 30.8 Å². The summed E-state index contributed by atoms with van der Waals surface area (Å²) in [5.74, 6) is 2.11. The Morgan fingerprint density at radius 2 is 2.40 bits per heavy atom. The van der Waals surface area contributed by atoms with E-state index in [0.29, 0.717) is 6.04 Å². The molecule has 2 atom stereocenters. The molecule has 3 rings (SSSR count). The van der Waals surface area contributed by atoms with Crippen molar-refractivity contribution in [1.29, 1.82) is 0 Å². The predicted octanol–water partition coefficient (Wildman–Crippen LogP) is 1.89. The average Bonchev–Trinajstić information content (AvgIpc) is 2.84. The molecule has 3 nitrogen and oxygen atoms in total. The zero-order valence-corrected chi connectivity index (χ0v) is 9.37. The zero-order chi connectivity index (χ0) is 10.3. The second-order valence-electron chi connectivity index (χ2n) is 5.02. The van der Waals surface area contributed by atoms with Crippen molar-refractivity contribution in [2.45, 2.75) is 45.2 Å². The van der Waals surface area contributed by atoms with Gasteiger partial charge in [-0.05, 0) is 31.7 Å². The highest BCUT2D eigenvalue weighted by molar-refractivity contribution is 5.12. The Morgan fingerprint density at radius 3 is 3.20 bits per heavy atom. The summed E-state index contributed by atoms with van der Waals surface area (Å²) in [7, 11) is 0. The highest BCUT2D eigenvalue weighted by Gasteiger charge is 2.23. The summed E-state index contributed by atoms with van der Waals surface area (Å²) in [6.45, 7) is 4.64. The molecule has 2 aliphatic heterocycles. The van der Waals surface area contributed by atoms with Gasteiger partial charge in [0, 0.05) is 19.2 Å². The van der Waals surface area contributed by atoms with Crippen molar-refractivity contribution in [3.8, 4) is 0 Å². The standard InChI is InChI=1S/C12H19N3/c1-9-4-6-15-8-11(14-12(15)7-9)10-3-2-5-13-10/h8-10,13H,2-7H2,1H3. The lowest BCUT2D eigenvalue weighted by Crippen LogP contribution is -2.16. The lowest BCUT2D eigenvalue weighted by molar-refractivity contribution is 0.409. The van der Waals surface area contributed by atoms with Gasteiger partial charge in [-0.25, -0.2) is 4.98 Å². The first-order chi connectivity index (χ1) is 7.33. The number of hydrogen-bond acceptors (Lipinski definition) is 2. The molecule has 3 heteroatoms. The minimum absolute atomic E-state index is 0.526. The van der Waals surface area contributed by atoms with Crippen molar-refractivity contribution in [2.75, 3.05) is 6.54 Å². The number of fused-ring (bicyclic) bond motifs is 1. The normalized spacial score (nSPS) is 30.5. The van der Waals surface area contributed by atoms with E-state index in [2.05, 4.69) is 23.0 Å². The Morgan fingerprint density at radius 1 is 1.47 bits per heavy atom. The van der Waals surface area contributed by atoms with Crippen LogP contribution in [0, 0.1) is 5.92 Å². The van der Waals surface area contributed by atoms with Crippen molar-refractivity contribution in [1.82, 2.24) is 14.9 Å². The monoisotopic (exact) mass is 205 g/mol. The summed E-state index contributed by atoms with van der Waals surface area (Å²) in [4.78, 5) is 4.78. The molecule has 0 bridgehead atoms. The lowest BCUT2D eigenvalue weighted by atomic mass is 10.0. The van der Waals surface area contributed by atoms with Crippen molar-refractivity contribution >= 4 is 0 Å². The zero-order valence-electron chi connectivity index (χ0n) is 9.37. The molecular formula is C12H19N3. The Balaban J connectivity index is 1.85. The van der Waals surface area contributed by atoms with Crippen LogP contribution in [0.5, 0.6) is 0 Å². The summed E-state index contributed by atoms with van der Waals surface area (Å²) < 4.78 is 2.36. The van der Waals surface area contributed by atoms with Gasteiger partial charge in [0.2, 0.25) is 0 Å². The fraction of sp³-hybridized carbons (Fsp3) is 0.750. The number of rotatable bonds is 1. The smallest absolute Gasteiger partial charge is 0.109 e. The summed E-state index contributed by atoms with van der Waals surface area (Å²) in [5.41, 5.74) is 1.27. The van der Waals surface area contributed by atoms with Crippen LogP contribution in [-0.2, 0) is 13.0 Å². The maximum atomic E-state index is 4.78. The van der Waals surface area contributed by atoms with Crippen LogP contribution in [0.15, 0.2) is 6.20 Å². The Labute approximate surface area is 90.9 Å². The minimum Gasteiger partial charge on any atom is -0.335 e. The van der Waals surface area contributed by atoms with Crippen LogP contribution in [0.3, 0.4) is 0 Å². The molecule has 3 heterocycles. The van der Waals surface area contributed by atoms with Gasteiger partial charge in [0.15, 0.2) is 0 Å². The number of nitrogens with one attached hydrogen (secondary N) is 1. The van der Waals surface area contributed by atoms with Crippen molar-refractivity contribution in [3.05, 3.63) is 17.7 Å². The van der Waals surface area contributed by atoms with Crippen LogP contribution in [-0.4, -0.2) is 16.1 Å². The van der Waals surface area contributed by atoms with E-state index in [-0.39, 0.29) is 0 Å². The SMILES string of the molecule is CC1CCn2cc(C3CCCN3)nc2C1. The van der Waals surface area contributed by atoms with E-state index in [4.69, 9.17) is 4.98 Å². The van der Waals surface area contributed by atoms with Crippen LogP contribution in [0.2, 0.25) is 0 Å². The van der Waals surface area contributed by atoms with Gasteiger partial charge in [0.1, 0.15) is 5.82 Å². The first-order valence-corrected chi connectivity index (χ1v) is 6.12. The first kappa shape index (κ1) is 9.40. The van der Waals surface area contributed by atoms with E-state index in [0.717, 1.165) is 25.4 Å². The second-order valence-corrected chi connectivity index (χ2v) is 5.02. The van der Waals surface area contributed by atoms with Crippen molar-refractivity contribution < 1.29 is 0 Å². The summed E-state index contributed by atoms with van der Waals surface area (Å²) in [6, 6.07) is 0.526. The van der Waals surface area contributed by atoms with Crippen molar-refractivity contribution in [3.63, 3.8) is 0 Å². The van der Waals surface area contributed by atoms with Gasteiger partial charge < -0.3 is 9.88 Å². The first-order valence-electron chi connectivity index (χ1n) is 6.12. The molecule has 2 aliphatic rings. The van der Waals surface area contributed by atoms with E-state index < -0.39 is 0 Å². The second kappa shape index (κ2) is 3.63. The average molecular weight is 205 g/mol. The highest BCUT2D eigenvalue weighted by Crippen LogP contribution is 2.26. The van der Waals surface area contributed by atoms with Gasteiger partial charge in [-0.3, -0.25) is 0 Å². The molecule has 0 radical (unpaired) electrons. The third-order valence-corrected chi connectivity index (χ3v) is 3.69. The van der Waals surface area contributed by atoms with Crippen LogP contribution in [0.25, 0.3) is 0 Å². The van der Waals surface area contributed by atoms with Crippen molar-refractivity contribution in [2.24, 2.45) is 5.92 Å². The number of hydrogen-bond donors (Lipinski definition) is 1. The fourth-order valence-corrected chi connectivity index (χ4v) is 2.71. The van der Waals surface area contributed by atoms with E-state index in [1.807, 2.05) is 0 Å². The van der Waals surface area contributed by atoms with E-state index in [1.54, 1.807) is 0 Å². The van der Waals surface area contributed by atoms with Gasteiger partial charge in [-0.2, -0.15) is 0 Å². The van der Waals surface area contributed by atoms with Gasteiger partial charge in [0.25, 0.3) is 0 Å². The molecule has 1 aromatic rings. The molecule has 15 heavy (non-hydrogen) atoms. The predicted molar refractivity (Wildman–Crippen MR) is 59.7 cm³/mol. The molecule has 1 aromatic heterocycles. The number of aromatic nitrogens is 2. The molecule has 2 unspecified atom stereocenters. The third kappa shape index (κ3) is 1.69. The van der Waals surface area contributed by atoms with Gasteiger partial charge in [-0.15, -0.1) is 0 Å². The van der Waals surface area contributed by atoms with Crippen LogP contribution in [0.4, 0.5) is 0 Å². The molecule has 0 aliphatic carbocycles. The fourth-order valence-electron chi connectivity index (χ4n) is 2.71. The van der Waals surface area contributed by atoms with E-state index in [9.17, 15) is 0 Å². The third-order valence-electron chi connectivity index (χ3n) is 3.69. The number of imidazole rings is 1. The maximum Gasteiger partial charge on any atom is 0.109 e. The molecule has 82 valence electrons. The Bertz CT molecular complexity index is 350. The Kier molecular flexibility index (Phi) is 2.28. The number of aryl methyl sites for hydroxylation is 1. The summed E-state index contributed by atoms with van der Waals surface area (Å²) in [6.07, 6.45) is 7.28. The molecule has 0 saturated carbocycles. The molecule has 0 aromatic carbocycles. The quantitative estimate of drug-likeness (QED) is 0.758.